The van der Waals surface area contributed by atoms with E-state index in [0.717, 1.165) is 18.1 Å². The molecule has 21 heavy (non-hydrogen) atoms. The molecule has 0 aliphatic heterocycles. The summed E-state index contributed by atoms with van der Waals surface area (Å²) in [6.45, 7) is 6.03. The Labute approximate surface area is 126 Å². The molecule has 1 aromatic carbocycles. The number of likely N-dealkylation sites (N-methyl/N-ethyl adjacent to an activating group) is 1. The first-order valence-corrected chi connectivity index (χ1v) is 7.31. The van der Waals surface area contributed by atoms with Crippen LogP contribution in [-0.4, -0.2) is 25.1 Å². The predicted octanol–water partition coefficient (Wildman–Crippen LogP) is 3.12. The molecule has 0 bridgehead atoms. The summed E-state index contributed by atoms with van der Waals surface area (Å²) < 4.78 is 10.8. The molecule has 0 saturated heterocycles. The molecular weight excluding hydrogens is 264 g/mol. The Morgan fingerprint density at radius 3 is 2.48 bits per heavy atom. The quantitative estimate of drug-likeness (QED) is 0.850. The second-order valence-corrected chi connectivity index (χ2v) is 5.17. The van der Waals surface area contributed by atoms with E-state index < -0.39 is 0 Å². The highest BCUT2D eigenvalue weighted by molar-refractivity contribution is 5.29. The van der Waals surface area contributed by atoms with E-state index in [-0.39, 0.29) is 6.04 Å². The van der Waals surface area contributed by atoms with Crippen LogP contribution in [0.3, 0.4) is 0 Å². The lowest BCUT2D eigenvalue weighted by Gasteiger charge is -2.27. The Kier molecular flexibility index (Phi) is 5.42. The van der Waals surface area contributed by atoms with Crippen LogP contribution in [0.5, 0.6) is 5.75 Å². The summed E-state index contributed by atoms with van der Waals surface area (Å²) in [6, 6.07) is 10.4. The number of furan rings is 1. The number of hydrogen-bond donors (Lipinski definition) is 1. The summed E-state index contributed by atoms with van der Waals surface area (Å²) >= 11 is 0. The van der Waals surface area contributed by atoms with Crippen molar-refractivity contribution in [2.45, 2.75) is 26.4 Å². The van der Waals surface area contributed by atoms with Crippen LogP contribution >= 0.6 is 0 Å². The van der Waals surface area contributed by atoms with E-state index in [9.17, 15) is 0 Å². The first kappa shape index (κ1) is 15.6. The van der Waals surface area contributed by atoms with Gasteiger partial charge in [0.25, 0.3) is 0 Å². The van der Waals surface area contributed by atoms with Crippen molar-refractivity contribution in [1.29, 1.82) is 0 Å². The topological polar surface area (TPSA) is 51.6 Å². The summed E-state index contributed by atoms with van der Waals surface area (Å²) in [6.07, 6.45) is 1.73. The second kappa shape index (κ2) is 7.29. The molecule has 1 unspecified atom stereocenters. The molecule has 2 aromatic rings. The van der Waals surface area contributed by atoms with Crippen LogP contribution in [0.1, 0.15) is 29.9 Å². The first-order chi connectivity index (χ1) is 10.2. The van der Waals surface area contributed by atoms with Gasteiger partial charge in [0.05, 0.1) is 12.9 Å². The SMILES string of the molecule is CCOc1ccc(C(CN)N(C)Cc2ccoc2C)cc1. The van der Waals surface area contributed by atoms with Crippen LogP contribution in [0, 0.1) is 6.92 Å². The zero-order chi connectivity index (χ0) is 15.2. The van der Waals surface area contributed by atoms with Gasteiger partial charge in [0, 0.05) is 24.7 Å². The van der Waals surface area contributed by atoms with Gasteiger partial charge in [-0.3, -0.25) is 4.90 Å². The first-order valence-electron chi connectivity index (χ1n) is 7.31. The molecule has 4 nitrogen and oxygen atoms in total. The minimum Gasteiger partial charge on any atom is -0.494 e. The summed E-state index contributed by atoms with van der Waals surface area (Å²) in [5, 5.41) is 0. The molecule has 0 radical (unpaired) electrons. The highest BCUT2D eigenvalue weighted by Gasteiger charge is 2.17. The van der Waals surface area contributed by atoms with Crippen molar-refractivity contribution >= 4 is 0 Å². The summed E-state index contributed by atoms with van der Waals surface area (Å²) in [5.74, 6) is 1.86. The normalized spacial score (nSPS) is 12.6. The maximum atomic E-state index is 5.97. The molecule has 114 valence electrons. The van der Waals surface area contributed by atoms with Crippen molar-refractivity contribution in [2.75, 3.05) is 20.2 Å². The van der Waals surface area contributed by atoms with E-state index in [1.165, 1.54) is 11.1 Å². The number of nitrogens with two attached hydrogens (primary N) is 1. The minimum absolute atomic E-state index is 0.176. The molecular formula is C17H24N2O2. The number of ether oxygens (including phenoxy) is 1. The summed E-state index contributed by atoms with van der Waals surface area (Å²) in [7, 11) is 2.08. The molecule has 1 aromatic heterocycles. The number of hydrogen-bond acceptors (Lipinski definition) is 4. The smallest absolute Gasteiger partial charge is 0.119 e. The third-order valence-electron chi connectivity index (χ3n) is 3.72. The molecule has 2 rings (SSSR count). The standard InChI is InChI=1S/C17H24N2O2/c1-4-20-16-7-5-14(6-8-16)17(11-18)19(3)12-15-9-10-21-13(15)2/h5-10,17H,4,11-12,18H2,1-3H3. The van der Waals surface area contributed by atoms with Crippen molar-refractivity contribution in [1.82, 2.24) is 4.90 Å². The fourth-order valence-corrected chi connectivity index (χ4v) is 2.48. The Hall–Kier alpha value is -1.78. The molecule has 0 fully saturated rings. The van der Waals surface area contributed by atoms with E-state index in [1.807, 2.05) is 32.0 Å². The van der Waals surface area contributed by atoms with Gasteiger partial charge >= 0.3 is 0 Å². The van der Waals surface area contributed by atoms with E-state index in [0.29, 0.717) is 13.2 Å². The average Bonchev–Trinajstić information content (AvgIpc) is 2.87. The summed E-state index contributed by atoms with van der Waals surface area (Å²) in [4.78, 5) is 2.24. The third-order valence-corrected chi connectivity index (χ3v) is 3.72. The molecule has 0 aliphatic carbocycles. The van der Waals surface area contributed by atoms with Crippen LogP contribution in [-0.2, 0) is 6.54 Å². The Morgan fingerprint density at radius 2 is 1.95 bits per heavy atom. The van der Waals surface area contributed by atoms with Crippen LogP contribution in [0.4, 0.5) is 0 Å². The van der Waals surface area contributed by atoms with Crippen LogP contribution in [0.15, 0.2) is 41.0 Å². The Morgan fingerprint density at radius 1 is 1.24 bits per heavy atom. The van der Waals surface area contributed by atoms with E-state index in [1.54, 1.807) is 6.26 Å². The highest BCUT2D eigenvalue weighted by Crippen LogP contribution is 2.23. The van der Waals surface area contributed by atoms with Gasteiger partial charge < -0.3 is 14.9 Å². The lowest BCUT2D eigenvalue weighted by Crippen LogP contribution is -2.30. The second-order valence-electron chi connectivity index (χ2n) is 5.17. The number of rotatable bonds is 7. The number of aryl methyl sites for hydroxylation is 1. The van der Waals surface area contributed by atoms with Gasteiger partial charge in [-0.2, -0.15) is 0 Å². The molecule has 0 saturated carbocycles. The van der Waals surface area contributed by atoms with Gasteiger partial charge in [-0.25, -0.2) is 0 Å². The van der Waals surface area contributed by atoms with Gasteiger partial charge in [0.2, 0.25) is 0 Å². The zero-order valence-electron chi connectivity index (χ0n) is 13.0. The molecule has 4 heteroatoms. The fraction of sp³-hybridized carbons (Fsp3) is 0.412. The number of benzene rings is 1. The molecule has 2 N–H and O–H groups in total. The van der Waals surface area contributed by atoms with Gasteiger partial charge in [0.15, 0.2) is 0 Å². The molecule has 0 aliphatic rings. The van der Waals surface area contributed by atoms with E-state index >= 15 is 0 Å². The van der Waals surface area contributed by atoms with Crippen molar-refractivity contribution in [2.24, 2.45) is 5.73 Å². The maximum Gasteiger partial charge on any atom is 0.119 e. The van der Waals surface area contributed by atoms with Crippen LogP contribution < -0.4 is 10.5 Å². The molecule has 0 amide bonds. The van der Waals surface area contributed by atoms with Crippen molar-refractivity contribution < 1.29 is 9.15 Å². The van der Waals surface area contributed by atoms with Crippen molar-refractivity contribution in [3.8, 4) is 5.75 Å². The lowest BCUT2D eigenvalue weighted by molar-refractivity contribution is 0.240. The maximum absolute atomic E-state index is 5.97. The molecule has 1 atom stereocenters. The van der Waals surface area contributed by atoms with Crippen molar-refractivity contribution in [3.63, 3.8) is 0 Å². The minimum atomic E-state index is 0.176. The predicted molar refractivity (Wildman–Crippen MR) is 84.3 cm³/mol. The van der Waals surface area contributed by atoms with E-state index in [2.05, 4.69) is 24.1 Å². The number of nitrogens with zero attached hydrogens (tertiary/aromatic N) is 1. The Bertz CT molecular complexity index is 548. The average molecular weight is 288 g/mol. The van der Waals surface area contributed by atoms with Gasteiger partial charge in [-0.1, -0.05) is 12.1 Å². The Balaban J connectivity index is 2.09. The van der Waals surface area contributed by atoms with Crippen LogP contribution in [0.2, 0.25) is 0 Å². The lowest BCUT2D eigenvalue weighted by atomic mass is 10.0. The fourth-order valence-electron chi connectivity index (χ4n) is 2.48. The highest BCUT2D eigenvalue weighted by atomic mass is 16.5. The largest absolute Gasteiger partial charge is 0.494 e. The van der Waals surface area contributed by atoms with Gasteiger partial charge in [-0.15, -0.1) is 0 Å². The molecule has 0 spiro atoms. The molecule has 1 heterocycles. The summed E-state index contributed by atoms with van der Waals surface area (Å²) in [5.41, 5.74) is 8.37. The van der Waals surface area contributed by atoms with Crippen LogP contribution in [0.25, 0.3) is 0 Å². The van der Waals surface area contributed by atoms with E-state index in [4.69, 9.17) is 14.9 Å². The van der Waals surface area contributed by atoms with Gasteiger partial charge in [-0.05, 0) is 44.7 Å². The third kappa shape index (κ3) is 3.86. The monoisotopic (exact) mass is 288 g/mol. The zero-order valence-corrected chi connectivity index (χ0v) is 13.0. The van der Waals surface area contributed by atoms with Gasteiger partial charge in [0.1, 0.15) is 11.5 Å². The van der Waals surface area contributed by atoms with Crippen molar-refractivity contribution in [3.05, 3.63) is 53.5 Å².